The molecular weight excluding hydrogens is 346 g/mol. The zero-order valence-corrected chi connectivity index (χ0v) is 15.0. The van der Waals surface area contributed by atoms with Gasteiger partial charge in [0.15, 0.2) is 23.0 Å². The van der Waals surface area contributed by atoms with Gasteiger partial charge in [0, 0.05) is 30.2 Å². The van der Waals surface area contributed by atoms with Crippen molar-refractivity contribution in [1.29, 1.82) is 0 Å². The lowest BCUT2D eigenvalue weighted by atomic mass is 9.94. The number of rotatable bonds is 2. The molecule has 2 heterocycles. The first kappa shape index (κ1) is 16.3. The van der Waals surface area contributed by atoms with Crippen molar-refractivity contribution >= 4 is 11.6 Å². The van der Waals surface area contributed by atoms with Crippen LogP contribution in [0.25, 0.3) is 0 Å². The predicted octanol–water partition coefficient (Wildman–Crippen LogP) is 4.14. The second-order valence-electron chi connectivity index (χ2n) is 7.15. The molecule has 3 aliphatic rings. The quantitative estimate of drug-likeness (QED) is 0.864. The first-order valence-electron chi connectivity index (χ1n) is 9.44. The van der Waals surface area contributed by atoms with Crippen molar-refractivity contribution in [3.63, 3.8) is 0 Å². The van der Waals surface area contributed by atoms with E-state index >= 15 is 0 Å². The number of hydrogen-bond acceptors (Lipinski definition) is 5. The Kier molecular flexibility index (Phi) is 3.85. The van der Waals surface area contributed by atoms with Gasteiger partial charge in [-0.1, -0.05) is 6.42 Å². The van der Waals surface area contributed by atoms with Gasteiger partial charge < -0.3 is 24.3 Å². The molecule has 5 rings (SSSR count). The fraction of sp³-hybridized carbons (Fsp3) is 0.381. The summed E-state index contributed by atoms with van der Waals surface area (Å²) in [5.74, 6) is 1.97. The molecule has 1 fully saturated rings. The second-order valence-corrected chi connectivity index (χ2v) is 7.15. The molecule has 1 saturated carbocycles. The Morgan fingerprint density at radius 1 is 0.815 bits per heavy atom. The second kappa shape index (κ2) is 6.37. The Morgan fingerprint density at radius 3 is 2.41 bits per heavy atom. The first-order chi connectivity index (χ1) is 13.2. The normalized spacial score (nSPS) is 19.0. The summed E-state index contributed by atoms with van der Waals surface area (Å²) in [6.07, 6.45) is 5.26. The third-order valence-corrected chi connectivity index (χ3v) is 5.21. The maximum absolute atomic E-state index is 12.6. The standard InChI is InChI=1S/C21H21NO5/c23-20(14-4-6-16-18(12-14)25-11-10-24-16)22-15-5-7-17-19(13-15)27-21(26-17)8-2-1-3-9-21/h4-7,12-13H,1-3,8-11H2,(H,22,23). The first-order valence-corrected chi connectivity index (χ1v) is 9.44. The average Bonchev–Trinajstić information content (AvgIpc) is 3.04. The number of nitrogens with one attached hydrogen (secondary N) is 1. The van der Waals surface area contributed by atoms with Crippen molar-refractivity contribution in [3.05, 3.63) is 42.0 Å². The van der Waals surface area contributed by atoms with Crippen LogP contribution in [0.4, 0.5) is 5.69 Å². The summed E-state index contributed by atoms with van der Waals surface area (Å²) in [5, 5.41) is 2.92. The largest absolute Gasteiger partial charge is 0.486 e. The summed E-state index contributed by atoms with van der Waals surface area (Å²) in [5.41, 5.74) is 1.19. The molecule has 2 aliphatic heterocycles. The lowest BCUT2D eigenvalue weighted by Crippen LogP contribution is -2.40. The molecule has 0 saturated heterocycles. The zero-order chi connectivity index (χ0) is 18.3. The summed E-state index contributed by atoms with van der Waals surface area (Å²) >= 11 is 0. The van der Waals surface area contributed by atoms with Gasteiger partial charge in [0.1, 0.15) is 13.2 Å². The van der Waals surface area contributed by atoms with Crippen LogP contribution in [0.5, 0.6) is 23.0 Å². The van der Waals surface area contributed by atoms with Crippen molar-refractivity contribution in [1.82, 2.24) is 0 Å². The molecule has 140 valence electrons. The number of fused-ring (bicyclic) bond motifs is 2. The Balaban J connectivity index is 1.32. The maximum Gasteiger partial charge on any atom is 0.255 e. The number of carbonyl (C=O) groups excluding carboxylic acids is 1. The lowest BCUT2D eigenvalue weighted by Gasteiger charge is -2.31. The summed E-state index contributed by atoms with van der Waals surface area (Å²) in [6, 6.07) is 10.7. The van der Waals surface area contributed by atoms with Gasteiger partial charge in [-0.3, -0.25) is 4.79 Å². The minimum Gasteiger partial charge on any atom is -0.486 e. The van der Waals surface area contributed by atoms with E-state index < -0.39 is 5.79 Å². The Morgan fingerprint density at radius 2 is 1.56 bits per heavy atom. The highest BCUT2D eigenvalue weighted by Gasteiger charge is 2.42. The Labute approximate surface area is 157 Å². The molecule has 0 radical (unpaired) electrons. The van der Waals surface area contributed by atoms with E-state index in [9.17, 15) is 4.79 Å². The fourth-order valence-electron chi connectivity index (χ4n) is 3.85. The average molecular weight is 367 g/mol. The van der Waals surface area contributed by atoms with Crippen molar-refractivity contribution in [2.75, 3.05) is 18.5 Å². The van der Waals surface area contributed by atoms with Crippen molar-refractivity contribution in [3.8, 4) is 23.0 Å². The highest BCUT2D eigenvalue weighted by Crippen LogP contribution is 2.46. The highest BCUT2D eigenvalue weighted by atomic mass is 16.7. The molecule has 27 heavy (non-hydrogen) atoms. The molecular formula is C21H21NO5. The van der Waals surface area contributed by atoms with Crippen LogP contribution in [0.1, 0.15) is 42.5 Å². The van der Waals surface area contributed by atoms with Crippen LogP contribution in [0.15, 0.2) is 36.4 Å². The van der Waals surface area contributed by atoms with Gasteiger partial charge >= 0.3 is 0 Å². The van der Waals surface area contributed by atoms with E-state index in [1.807, 2.05) is 18.2 Å². The van der Waals surface area contributed by atoms with Gasteiger partial charge in [0.05, 0.1) is 0 Å². The third-order valence-electron chi connectivity index (χ3n) is 5.21. The molecule has 1 aliphatic carbocycles. The number of anilines is 1. The molecule has 2 aromatic carbocycles. The van der Waals surface area contributed by atoms with E-state index in [2.05, 4.69) is 5.32 Å². The summed E-state index contributed by atoms with van der Waals surface area (Å²) < 4.78 is 23.2. The van der Waals surface area contributed by atoms with Gasteiger partial charge in [-0.05, 0) is 43.2 Å². The molecule has 2 aromatic rings. The molecule has 1 spiro atoms. The minimum atomic E-state index is -0.515. The molecule has 6 nitrogen and oxygen atoms in total. The van der Waals surface area contributed by atoms with E-state index in [-0.39, 0.29) is 5.91 Å². The van der Waals surface area contributed by atoms with Crippen LogP contribution in [-0.2, 0) is 0 Å². The van der Waals surface area contributed by atoms with Crippen LogP contribution >= 0.6 is 0 Å². The van der Waals surface area contributed by atoms with E-state index in [1.54, 1.807) is 18.2 Å². The van der Waals surface area contributed by atoms with E-state index in [4.69, 9.17) is 18.9 Å². The number of amides is 1. The van der Waals surface area contributed by atoms with Crippen molar-refractivity contribution < 1.29 is 23.7 Å². The van der Waals surface area contributed by atoms with E-state index in [0.29, 0.717) is 41.7 Å². The molecule has 0 atom stereocenters. The number of ether oxygens (including phenoxy) is 4. The van der Waals surface area contributed by atoms with E-state index in [1.165, 1.54) is 6.42 Å². The molecule has 0 bridgehead atoms. The lowest BCUT2D eigenvalue weighted by molar-refractivity contribution is -0.105. The van der Waals surface area contributed by atoms with Gasteiger partial charge in [0.2, 0.25) is 0 Å². The molecule has 1 N–H and O–H groups in total. The Bertz CT molecular complexity index is 888. The number of benzene rings is 2. The zero-order valence-electron chi connectivity index (χ0n) is 15.0. The summed E-state index contributed by atoms with van der Waals surface area (Å²) in [6.45, 7) is 1.01. The molecule has 6 heteroatoms. The molecule has 1 amide bonds. The number of hydrogen-bond donors (Lipinski definition) is 1. The third kappa shape index (κ3) is 3.05. The van der Waals surface area contributed by atoms with Crippen LogP contribution in [0.3, 0.4) is 0 Å². The van der Waals surface area contributed by atoms with Crippen LogP contribution in [0, 0.1) is 0 Å². The van der Waals surface area contributed by atoms with Crippen LogP contribution in [-0.4, -0.2) is 24.9 Å². The Hall–Kier alpha value is -2.89. The number of carbonyl (C=O) groups is 1. The van der Waals surface area contributed by atoms with Gasteiger partial charge in [0.25, 0.3) is 11.7 Å². The van der Waals surface area contributed by atoms with Crippen LogP contribution < -0.4 is 24.3 Å². The molecule has 0 aromatic heterocycles. The predicted molar refractivity (Wildman–Crippen MR) is 98.9 cm³/mol. The maximum atomic E-state index is 12.6. The smallest absolute Gasteiger partial charge is 0.255 e. The monoisotopic (exact) mass is 367 g/mol. The van der Waals surface area contributed by atoms with E-state index in [0.717, 1.165) is 31.4 Å². The molecule has 0 unspecified atom stereocenters. The highest BCUT2D eigenvalue weighted by molar-refractivity contribution is 6.04. The minimum absolute atomic E-state index is 0.210. The summed E-state index contributed by atoms with van der Waals surface area (Å²) in [4.78, 5) is 12.6. The SMILES string of the molecule is O=C(Nc1ccc2c(c1)OC1(CCCCC1)O2)c1ccc2c(c1)OCCO2. The van der Waals surface area contributed by atoms with Crippen molar-refractivity contribution in [2.45, 2.75) is 37.9 Å². The topological polar surface area (TPSA) is 66.0 Å². The van der Waals surface area contributed by atoms with Gasteiger partial charge in [-0.2, -0.15) is 0 Å². The van der Waals surface area contributed by atoms with Crippen LogP contribution in [0.2, 0.25) is 0 Å². The summed E-state index contributed by atoms with van der Waals surface area (Å²) in [7, 11) is 0. The fourth-order valence-corrected chi connectivity index (χ4v) is 3.85. The van der Waals surface area contributed by atoms with Crippen molar-refractivity contribution in [2.24, 2.45) is 0 Å². The van der Waals surface area contributed by atoms with Gasteiger partial charge in [-0.25, -0.2) is 0 Å². The van der Waals surface area contributed by atoms with Gasteiger partial charge in [-0.15, -0.1) is 0 Å².